The van der Waals surface area contributed by atoms with Gasteiger partial charge < -0.3 is 4.42 Å². The Morgan fingerprint density at radius 1 is 1.50 bits per heavy atom. The monoisotopic (exact) mass is 250 g/mol. The van der Waals surface area contributed by atoms with Crippen molar-refractivity contribution in [1.29, 1.82) is 0 Å². The first-order valence-electron chi connectivity index (χ1n) is 5.75. The van der Waals surface area contributed by atoms with E-state index in [9.17, 15) is 14.4 Å². The fourth-order valence-corrected chi connectivity index (χ4v) is 2.07. The van der Waals surface area contributed by atoms with Crippen molar-refractivity contribution in [1.82, 2.24) is 10.2 Å². The third kappa shape index (κ3) is 2.48. The zero-order valence-corrected chi connectivity index (χ0v) is 10.0. The van der Waals surface area contributed by atoms with Gasteiger partial charge in [0.2, 0.25) is 11.8 Å². The van der Waals surface area contributed by atoms with Crippen molar-refractivity contribution in [2.24, 2.45) is 0 Å². The summed E-state index contributed by atoms with van der Waals surface area (Å²) in [5, 5.41) is 2.31. The van der Waals surface area contributed by atoms with Gasteiger partial charge in [-0.25, -0.2) is 0 Å². The van der Waals surface area contributed by atoms with Crippen LogP contribution in [0.5, 0.6) is 0 Å². The van der Waals surface area contributed by atoms with Gasteiger partial charge in [-0.2, -0.15) is 0 Å². The Balaban J connectivity index is 2.12. The van der Waals surface area contributed by atoms with Gasteiger partial charge in [-0.3, -0.25) is 24.6 Å². The van der Waals surface area contributed by atoms with Gasteiger partial charge in [-0.05, 0) is 18.6 Å². The van der Waals surface area contributed by atoms with E-state index in [1.165, 1.54) is 0 Å². The average molecular weight is 250 g/mol. The normalized spacial score (nSPS) is 20.8. The standard InChI is InChI=1S/C12H14N2O4/c1-2-10-12(17)13-11(16)6-14(10)5-8-3-4-9(7-15)18-8/h3-4,7,10H,2,5-6H2,1H3,(H,13,16,17). The predicted molar refractivity (Wildman–Crippen MR) is 61.7 cm³/mol. The van der Waals surface area contributed by atoms with Gasteiger partial charge in [0.05, 0.1) is 19.1 Å². The second kappa shape index (κ2) is 5.14. The molecule has 0 spiro atoms. The summed E-state index contributed by atoms with van der Waals surface area (Å²) in [6.07, 6.45) is 1.23. The minimum Gasteiger partial charge on any atom is -0.457 e. The van der Waals surface area contributed by atoms with E-state index >= 15 is 0 Å². The Labute approximate surface area is 104 Å². The molecule has 0 saturated carbocycles. The molecule has 1 saturated heterocycles. The van der Waals surface area contributed by atoms with Gasteiger partial charge in [0.25, 0.3) is 0 Å². The first-order chi connectivity index (χ1) is 8.63. The van der Waals surface area contributed by atoms with Crippen LogP contribution in [0.3, 0.4) is 0 Å². The maximum absolute atomic E-state index is 11.6. The molecule has 0 bridgehead atoms. The fraction of sp³-hybridized carbons (Fsp3) is 0.417. The number of imide groups is 1. The third-order valence-corrected chi connectivity index (χ3v) is 2.90. The number of nitrogens with one attached hydrogen (secondary N) is 1. The van der Waals surface area contributed by atoms with E-state index < -0.39 is 0 Å². The summed E-state index contributed by atoms with van der Waals surface area (Å²) in [5.74, 6) is 0.215. The number of nitrogens with zero attached hydrogens (tertiary/aromatic N) is 1. The van der Waals surface area contributed by atoms with Crippen molar-refractivity contribution in [3.05, 3.63) is 23.7 Å². The second-order valence-corrected chi connectivity index (χ2v) is 4.16. The zero-order chi connectivity index (χ0) is 13.1. The predicted octanol–water partition coefficient (Wildman–Crippen LogP) is 0.329. The van der Waals surface area contributed by atoms with Crippen LogP contribution in [0.1, 0.15) is 29.7 Å². The number of carbonyl (C=O) groups is 3. The first-order valence-corrected chi connectivity index (χ1v) is 5.75. The van der Waals surface area contributed by atoms with E-state index in [1.807, 2.05) is 6.92 Å². The van der Waals surface area contributed by atoms with E-state index in [-0.39, 0.29) is 30.2 Å². The Kier molecular flexibility index (Phi) is 3.57. The summed E-state index contributed by atoms with van der Waals surface area (Å²) in [6, 6.07) is 2.90. The maximum atomic E-state index is 11.6. The van der Waals surface area contributed by atoms with Gasteiger partial charge in [-0.15, -0.1) is 0 Å². The molecule has 0 aliphatic carbocycles. The Bertz CT molecular complexity index is 480. The smallest absolute Gasteiger partial charge is 0.243 e. The van der Waals surface area contributed by atoms with Crippen molar-refractivity contribution in [2.75, 3.05) is 6.54 Å². The number of amides is 2. The van der Waals surface area contributed by atoms with Crippen LogP contribution in [-0.4, -0.2) is 35.6 Å². The number of rotatable bonds is 4. The number of piperazine rings is 1. The molecule has 1 N–H and O–H groups in total. The molecule has 6 nitrogen and oxygen atoms in total. The number of carbonyl (C=O) groups excluding carboxylic acids is 3. The van der Waals surface area contributed by atoms with Crippen LogP contribution in [0.4, 0.5) is 0 Å². The molecule has 2 rings (SSSR count). The van der Waals surface area contributed by atoms with Crippen LogP contribution in [0, 0.1) is 0 Å². The molecule has 96 valence electrons. The number of furan rings is 1. The minimum absolute atomic E-state index is 0.154. The highest BCUT2D eigenvalue weighted by Gasteiger charge is 2.32. The summed E-state index contributed by atoms with van der Waals surface area (Å²) in [7, 11) is 0. The van der Waals surface area contributed by atoms with Gasteiger partial charge in [-0.1, -0.05) is 6.92 Å². The molecule has 1 aliphatic rings. The van der Waals surface area contributed by atoms with Crippen molar-refractivity contribution in [2.45, 2.75) is 25.9 Å². The molecule has 2 amide bonds. The van der Waals surface area contributed by atoms with Crippen LogP contribution in [0.2, 0.25) is 0 Å². The lowest BCUT2D eigenvalue weighted by Gasteiger charge is -2.32. The highest BCUT2D eigenvalue weighted by Crippen LogP contribution is 2.15. The molecule has 18 heavy (non-hydrogen) atoms. The highest BCUT2D eigenvalue weighted by atomic mass is 16.3. The van der Waals surface area contributed by atoms with E-state index in [2.05, 4.69) is 5.32 Å². The van der Waals surface area contributed by atoms with Gasteiger partial charge in [0, 0.05) is 0 Å². The van der Waals surface area contributed by atoms with Crippen molar-refractivity contribution in [3.8, 4) is 0 Å². The maximum Gasteiger partial charge on any atom is 0.243 e. The molecule has 0 radical (unpaired) electrons. The lowest BCUT2D eigenvalue weighted by atomic mass is 10.1. The topological polar surface area (TPSA) is 79.6 Å². The van der Waals surface area contributed by atoms with E-state index in [0.717, 1.165) is 0 Å². The van der Waals surface area contributed by atoms with E-state index in [0.29, 0.717) is 25.0 Å². The van der Waals surface area contributed by atoms with E-state index in [1.54, 1.807) is 17.0 Å². The molecule has 1 aromatic heterocycles. The minimum atomic E-state index is -0.340. The van der Waals surface area contributed by atoms with Crippen molar-refractivity contribution in [3.63, 3.8) is 0 Å². The molecule has 2 heterocycles. The first kappa shape index (κ1) is 12.5. The summed E-state index contributed by atoms with van der Waals surface area (Å²) >= 11 is 0. The second-order valence-electron chi connectivity index (χ2n) is 4.16. The largest absolute Gasteiger partial charge is 0.457 e. The summed E-state index contributed by atoms with van der Waals surface area (Å²) in [4.78, 5) is 35.2. The highest BCUT2D eigenvalue weighted by molar-refractivity contribution is 6.01. The molecule has 1 aromatic rings. The van der Waals surface area contributed by atoms with Gasteiger partial charge >= 0.3 is 0 Å². The van der Waals surface area contributed by atoms with Crippen LogP contribution in [-0.2, 0) is 16.1 Å². The zero-order valence-electron chi connectivity index (χ0n) is 10.0. The third-order valence-electron chi connectivity index (χ3n) is 2.90. The Morgan fingerprint density at radius 2 is 2.28 bits per heavy atom. The van der Waals surface area contributed by atoms with E-state index in [4.69, 9.17) is 4.42 Å². The lowest BCUT2D eigenvalue weighted by Crippen LogP contribution is -2.57. The molecule has 1 fully saturated rings. The molecule has 1 atom stereocenters. The number of hydrogen-bond acceptors (Lipinski definition) is 5. The molecule has 0 aromatic carbocycles. The van der Waals surface area contributed by atoms with Crippen molar-refractivity contribution >= 4 is 18.1 Å². The molecule has 6 heteroatoms. The Hall–Kier alpha value is -1.95. The summed E-state index contributed by atoms with van der Waals surface area (Å²) in [6.45, 7) is 2.37. The fourth-order valence-electron chi connectivity index (χ4n) is 2.07. The molecule has 1 aliphatic heterocycles. The van der Waals surface area contributed by atoms with Crippen LogP contribution in [0.25, 0.3) is 0 Å². The SMILES string of the molecule is CCC1C(=O)NC(=O)CN1Cc1ccc(C=O)o1. The lowest BCUT2D eigenvalue weighted by molar-refractivity contribution is -0.140. The molecular formula is C12H14N2O4. The molecular weight excluding hydrogens is 236 g/mol. The average Bonchev–Trinajstić information content (AvgIpc) is 2.76. The van der Waals surface area contributed by atoms with Gasteiger partial charge in [0.15, 0.2) is 12.0 Å². The van der Waals surface area contributed by atoms with Crippen LogP contribution in [0.15, 0.2) is 16.5 Å². The van der Waals surface area contributed by atoms with Crippen LogP contribution < -0.4 is 5.32 Å². The summed E-state index contributed by atoms with van der Waals surface area (Å²) < 4.78 is 5.25. The summed E-state index contributed by atoms with van der Waals surface area (Å²) in [5.41, 5.74) is 0. The Morgan fingerprint density at radius 3 is 2.89 bits per heavy atom. The number of aldehydes is 1. The molecule has 1 unspecified atom stereocenters. The van der Waals surface area contributed by atoms with Crippen molar-refractivity contribution < 1.29 is 18.8 Å². The quantitative estimate of drug-likeness (QED) is 0.615. The van der Waals surface area contributed by atoms with Crippen LogP contribution >= 0.6 is 0 Å². The van der Waals surface area contributed by atoms with Gasteiger partial charge in [0.1, 0.15) is 5.76 Å². The number of hydrogen-bond donors (Lipinski definition) is 1.